The van der Waals surface area contributed by atoms with Crippen LogP contribution in [0.3, 0.4) is 0 Å². The monoisotopic (exact) mass is 289 g/mol. The van der Waals surface area contributed by atoms with Crippen molar-refractivity contribution in [3.8, 4) is 0 Å². The molecule has 1 aromatic carbocycles. The third-order valence-corrected chi connectivity index (χ3v) is 2.26. The molecule has 9 nitrogen and oxygen atoms in total. The van der Waals surface area contributed by atoms with E-state index < -0.39 is 12.2 Å². The van der Waals surface area contributed by atoms with Gasteiger partial charge in [0, 0.05) is 0 Å². The fourth-order valence-corrected chi connectivity index (χ4v) is 1.39. The number of carbonyl (C=O) groups excluding carboxylic acids is 1. The Kier molecular flexibility index (Phi) is 4.59. The van der Waals surface area contributed by atoms with Crippen LogP contribution in [0.25, 0.3) is 0 Å². The van der Waals surface area contributed by atoms with Crippen LogP contribution in [0.2, 0.25) is 0 Å². The van der Waals surface area contributed by atoms with Gasteiger partial charge in [-0.1, -0.05) is 30.3 Å². The van der Waals surface area contributed by atoms with Crippen LogP contribution in [0.15, 0.2) is 48.0 Å². The van der Waals surface area contributed by atoms with Crippen LogP contribution in [0.4, 0.5) is 9.59 Å². The first-order chi connectivity index (χ1) is 10.1. The Balaban J connectivity index is 2.03. The van der Waals surface area contributed by atoms with Gasteiger partial charge in [-0.2, -0.15) is 9.78 Å². The molecular weight excluding hydrogens is 278 g/mol. The molecule has 0 aliphatic rings. The van der Waals surface area contributed by atoms with E-state index in [0.29, 0.717) is 0 Å². The van der Waals surface area contributed by atoms with Crippen molar-refractivity contribution >= 4 is 18.1 Å². The number of nitrogens with one attached hydrogen (secondary N) is 1. The molecule has 108 valence electrons. The van der Waals surface area contributed by atoms with Gasteiger partial charge >= 0.3 is 12.2 Å². The molecule has 0 radical (unpaired) electrons. The number of rotatable bonds is 2. The minimum atomic E-state index is -1.39. The fourth-order valence-electron chi connectivity index (χ4n) is 1.39. The average molecular weight is 289 g/mol. The third kappa shape index (κ3) is 4.42. The lowest BCUT2D eigenvalue weighted by atomic mass is 10.2. The Morgan fingerprint density at radius 2 is 2.10 bits per heavy atom. The second-order valence-electron chi connectivity index (χ2n) is 3.75. The van der Waals surface area contributed by atoms with Crippen LogP contribution in [0.5, 0.6) is 0 Å². The van der Waals surface area contributed by atoms with Gasteiger partial charge in [0.2, 0.25) is 5.96 Å². The molecule has 0 atom stereocenters. The maximum atomic E-state index is 11.6. The number of amides is 2. The van der Waals surface area contributed by atoms with E-state index in [-0.39, 0.29) is 12.6 Å². The van der Waals surface area contributed by atoms with Crippen molar-refractivity contribution in [2.75, 3.05) is 0 Å². The number of aliphatic imine (C=N–C) groups is 1. The normalized spacial score (nSPS) is 11.0. The van der Waals surface area contributed by atoms with Gasteiger partial charge in [-0.05, 0) is 5.56 Å². The van der Waals surface area contributed by atoms with E-state index in [2.05, 4.69) is 15.1 Å². The molecule has 21 heavy (non-hydrogen) atoms. The van der Waals surface area contributed by atoms with Gasteiger partial charge in [0.1, 0.15) is 19.3 Å². The van der Waals surface area contributed by atoms with E-state index in [1.54, 1.807) is 24.3 Å². The van der Waals surface area contributed by atoms with E-state index in [1.807, 2.05) is 11.4 Å². The molecule has 0 aliphatic heterocycles. The van der Waals surface area contributed by atoms with E-state index in [4.69, 9.17) is 9.84 Å². The number of carbonyl (C=O) groups is 2. The van der Waals surface area contributed by atoms with Crippen molar-refractivity contribution in [2.45, 2.75) is 6.61 Å². The van der Waals surface area contributed by atoms with Gasteiger partial charge in [0.25, 0.3) is 0 Å². The quantitative estimate of drug-likeness (QED) is 0.631. The van der Waals surface area contributed by atoms with E-state index in [9.17, 15) is 9.59 Å². The Morgan fingerprint density at radius 1 is 1.33 bits per heavy atom. The molecule has 0 aliphatic carbocycles. The van der Waals surface area contributed by atoms with Crippen LogP contribution in [0, 0.1) is 0 Å². The second kappa shape index (κ2) is 6.80. The van der Waals surface area contributed by atoms with Crippen molar-refractivity contribution in [1.29, 1.82) is 0 Å². The van der Waals surface area contributed by atoms with Gasteiger partial charge in [-0.3, -0.25) is 5.32 Å². The number of hydrogen-bond donors (Lipinski definition) is 2. The molecule has 0 spiro atoms. The standard InChI is InChI=1S/C12H11N5O4/c18-11(19)15-10(17-8-13-7-14-17)16-12(20)21-6-9-4-2-1-3-5-9/h1-5,7-8H,6H2,(H,18,19)(H,15,16,20). The Hall–Kier alpha value is -3.23. The van der Waals surface area contributed by atoms with Crippen molar-refractivity contribution in [1.82, 2.24) is 20.1 Å². The summed E-state index contributed by atoms with van der Waals surface area (Å²) >= 11 is 0. The zero-order valence-corrected chi connectivity index (χ0v) is 10.7. The summed E-state index contributed by atoms with van der Waals surface area (Å²) in [5, 5.41) is 14.3. The highest BCUT2D eigenvalue weighted by Crippen LogP contribution is 2.01. The maximum Gasteiger partial charge on any atom is 0.437 e. The average Bonchev–Trinajstić information content (AvgIpc) is 2.99. The molecule has 2 aromatic rings. The minimum absolute atomic E-state index is 0.0287. The Morgan fingerprint density at radius 3 is 2.71 bits per heavy atom. The molecule has 9 heteroatoms. The molecule has 1 aromatic heterocycles. The Labute approximate surface area is 118 Å². The first kappa shape index (κ1) is 14.2. The fraction of sp³-hybridized carbons (Fsp3) is 0.0833. The summed E-state index contributed by atoms with van der Waals surface area (Å²) in [4.78, 5) is 29.4. The number of aromatic nitrogens is 3. The van der Waals surface area contributed by atoms with Crippen LogP contribution in [0.1, 0.15) is 5.56 Å². The number of carboxylic acid groups (broad SMARTS) is 1. The van der Waals surface area contributed by atoms with E-state index in [1.165, 1.54) is 12.7 Å². The van der Waals surface area contributed by atoms with Crippen LogP contribution in [-0.4, -0.2) is 38.0 Å². The highest BCUT2D eigenvalue weighted by Gasteiger charge is 2.11. The summed E-state index contributed by atoms with van der Waals surface area (Å²) in [7, 11) is 0. The number of benzene rings is 1. The first-order valence-corrected chi connectivity index (χ1v) is 5.79. The zero-order valence-electron chi connectivity index (χ0n) is 10.7. The van der Waals surface area contributed by atoms with Crippen molar-refractivity contribution in [3.05, 3.63) is 48.5 Å². The Bertz CT molecular complexity index is 639. The number of ether oxygens (including phenoxy) is 1. The van der Waals surface area contributed by atoms with Crippen molar-refractivity contribution < 1.29 is 19.4 Å². The SMILES string of the molecule is O=C(O)NC(=NC(=O)OCc1ccccc1)n1cncn1. The number of nitrogens with zero attached hydrogens (tertiary/aromatic N) is 4. The van der Waals surface area contributed by atoms with Crippen LogP contribution in [-0.2, 0) is 11.3 Å². The lowest BCUT2D eigenvalue weighted by Crippen LogP contribution is -2.35. The zero-order chi connectivity index (χ0) is 15.1. The molecule has 0 saturated carbocycles. The summed E-state index contributed by atoms with van der Waals surface area (Å²) in [6.07, 6.45) is 0.0337. The second-order valence-corrected chi connectivity index (χ2v) is 3.75. The van der Waals surface area contributed by atoms with Crippen LogP contribution < -0.4 is 5.32 Å². The summed E-state index contributed by atoms with van der Waals surface area (Å²) in [5.41, 5.74) is 0.787. The molecular formula is C12H11N5O4. The van der Waals surface area contributed by atoms with Gasteiger partial charge < -0.3 is 9.84 Å². The van der Waals surface area contributed by atoms with E-state index in [0.717, 1.165) is 10.2 Å². The van der Waals surface area contributed by atoms with Gasteiger partial charge in [-0.25, -0.2) is 14.6 Å². The maximum absolute atomic E-state index is 11.6. The minimum Gasteiger partial charge on any atom is -0.465 e. The molecule has 0 unspecified atom stereocenters. The molecule has 1 heterocycles. The molecule has 0 saturated heterocycles. The molecule has 2 rings (SSSR count). The van der Waals surface area contributed by atoms with Crippen LogP contribution >= 0.6 is 0 Å². The predicted octanol–water partition coefficient (Wildman–Crippen LogP) is 1.09. The summed E-state index contributed by atoms with van der Waals surface area (Å²) in [6, 6.07) is 9.01. The molecule has 0 bridgehead atoms. The third-order valence-electron chi connectivity index (χ3n) is 2.26. The van der Waals surface area contributed by atoms with E-state index >= 15 is 0 Å². The number of hydrogen-bond acceptors (Lipinski definition) is 5. The first-order valence-electron chi connectivity index (χ1n) is 5.79. The van der Waals surface area contributed by atoms with Crippen molar-refractivity contribution in [2.24, 2.45) is 4.99 Å². The highest BCUT2D eigenvalue weighted by atomic mass is 16.5. The predicted molar refractivity (Wildman–Crippen MR) is 70.6 cm³/mol. The lowest BCUT2D eigenvalue weighted by Gasteiger charge is -2.05. The van der Waals surface area contributed by atoms with Gasteiger partial charge in [0.15, 0.2) is 0 Å². The topological polar surface area (TPSA) is 119 Å². The molecule has 2 amide bonds. The smallest absolute Gasteiger partial charge is 0.437 e. The van der Waals surface area contributed by atoms with Gasteiger partial charge in [-0.15, -0.1) is 4.99 Å². The highest BCUT2D eigenvalue weighted by molar-refractivity contribution is 5.98. The molecule has 2 N–H and O–H groups in total. The van der Waals surface area contributed by atoms with Gasteiger partial charge in [0.05, 0.1) is 0 Å². The van der Waals surface area contributed by atoms with Crippen molar-refractivity contribution in [3.63, 3.8) is 0 Å². The largest absolute Gasteiger partial charge is 0.465 e. The lowest BCUT2D eigenvalue weighted by molar-refractivity contribution is 0.150. The summed E-state index contributed by atoms with van der Waals surface area (Å²) < 4.78 is 5.92. The summed E-state index contributed by atoms with van der Waals surface area (Å²) in [5.74, 6) is -0.321. The molecule has 0 fully saturated rings. The summed E-state index contributed by atoms with van der Waals surface area (Å²) in [6.45, 7) is 0.0287.